The van der Waals surface area contributed by atoms with Crippen LogP contribution in [-0.2, 0) is 11.3 Å². The molecule has 3 rings (SSSR count). The summed E-state index contributed by atoms with van der Waals surface area (Å²) in [6, 6.07) is 11.9. The molecule has 0 N–H and O–H groups in total. The molecule has 1 saturated carbocycles. The zero-order valence-corrected chi connectivity index (χ0v) is 14.6. The molecule has 1 aromatic carbocycles. The van der Waals surface area contributed by atoms with Crippen LogP contribution in [-0.4, -0.2) is 23.5 Å². The average Bonchev–Trinajstić information content (AvgIpc) is 3.26. The van der Waals surface area contributed by atoms with Crippen molar-refractivity contribution in [2.24, 2.45) is 0 Å². The normalized spacial score (nSPS) is 13.9. The summed E-state index contributed by atoms with van der Waals surface area (Å²) in [7, 11) is 0. The Hall–Kier alpha value is -1.50. The van der Waals surface area contributed by atoms with E-state index in [0.29, 0.717) is 12.6 Å². The summed E-state index contributed by atoms with van der Waals surface area (Å²) in [6.07, 6.45) is 2.13. The smallest absolute Gasteiger partial charge is 0.261 e. The fraction of sp³-hybridized carbons (Fsp3) is 0.353. The van der Waals surface area contributed by atoms with E-state index in [4.69, 9.17) is 9.15 Å². The van der Waals surface area contributed by atoms with E-state index in [0.717, 1.165) is 33.7 Å². The Labute approximate surface area is 143 Å². The zero-order chi connectivity index (χ0) is 15.5. The molecule has 1 heterocycles. The summed E-state index contributed by atoms with van der Waals surface area (Å²) in [6.45, 7) is 2.50. The highest BCUT2D eigenvalue weighted by Crippen LogP contribution is 2.29. The number of hydrogen-bond donors (Lipinski definition) is 0. The predicted molar refractivity (Wildman–Crippen MR) is 91.7 cm³/mol. The van der Waals surface area contributed by atoms with Gasteiger partial charge in [-0.25, -0.2) is 0 Å². The van der Waals surface area contributed by atoms with E-state index in [-0.39, 0.29) is 12.5 Å². The van der Waals surface area contributed by atoms with E-state index in [1.807, 2.05) is 48.2 Å². The molecule has 4 nitrogen and oxygen atoms in total. The molecule has 1 aromatic heterocycles. The molecule has 1 fully saturated rings. The van der Waals surface area contributed by atoms with Crippen LogP contribution in [0.5, 0.6) is 5.75 Å². The summed E-state index contributed by atoms with van der Waals surface area (Å²) in [5, 5.41) is 0. The summed E-state index contributed by atoms with van der Waals surface area (Å²) < 4.78 is 12.3. The number of aryl methyl sites for hydroxylation is 1. The van der Waals surface area contributed by atoms with E-state index >= 15 is 0 Å². The van der Waals surface area contributed by atoms with Gasteiger partial charge in [0.05, 0.1) is 6.54 Å². The number of furan rings is 1. The highest BCUT2D eigenvalue weighted by molar-refractivity contribution is 14.1. The first-order chi connectivity index (χ1) is 10.6. The van der Waals surface area contributed by atoms with Gasteiger partial charge in [0.25, 0.3) is 5.91 Å². The summed E-state index contributed by atoms with van der Waals surface area (Å²) in [5.74, 6) is 2.42. The van der Waals surface area contributed by atoms with Crippen molar-refractivity contribution in [3.8, 4) is 5.75 Å². The summed E-state index contributed by atoms with van der Waals surface area (Å²) in [4.78, 5) is 14.3. The molecular formula is C17H18INO3. The first-order valence-electron chi connectivity index (χ1n) is 7.35. The van der Waals surface area contributed by atoms with Crippen LogP contribution < -0.4 is 4.74 Å². The summed E-state index contributed by atoms with van der Waals surface area (Å²) in [5.41, 5.74) is 0. The largest absolute Gasteiger partial charge is 0.484 e. The average molecular weight is 411 g/mol. The van der Waals surface area contributed by atoms with Gasteiger partial charge in [-0.1, -0.05) is 0 Å². The Morgan fingerprint density at radius 1 is 1.27 bits per heavy atom. The third-order valence-corrected chi connectivity index (χ3v) is 4.33. The molecule has 1 aliphatic carbocycles. The molecule has 22 heavy (non-hydrogen) atoms. The lowest BCUT2D eigenvalue weighted by Gasteiger charge is -2.21. The highest BCUT2D eigenvalue weighted by atomic mass is 127. The molecule has 1 amide bonds. The van der Waals surface area contributed by atoms with Crippen molar-refractivity contribution in [2.45, 2.75) is 32.4 Å². The zero-order valence-electron chi connectivity index (χ0n) is 12.4. The van der Waals surface area contributed by atoms with E-state index < -0.39 is 0 Å². The maximum absolute atomic E-state index is 12.4. The van der Waals surface area contributed by atoms with Crippen LogP contribution in [0.25, 0.3) is 0 Å². The van der Waals surface area contributed by atoms with Gasteiger partial charge in [-0.2, -0.15) is 0 Å². The molecule has 0 radical (unpaired) electrons. The topological polar surface area (TPSA) is 42.7 Å². The van der Waals surface area contributed by atoms with Crippen molar-refractivity contribution in [3.63, 3.8) is 0 Å². The van der Waals surface area contributed by atoms with E-state index in [2.05, 4.69) is 22.6 Å². The standard InChI is InChI=1S/C17H18INO3/c1-12-2-7-16(22-12)10-19(14-5-6-14)17(20)11-21-15-8-3-13(18)4-9-15/h2-4,7-9,14H,5-6,10-11H2,1H3. The first kappa shape index (κ1) is 15.4. The molecule has 5 heteroatoms. The minimum atomic E-state index is 0.00935. The van der Waals surface area contributed by atoms with Gasteiger partial charge in [0, 0.05) is 9.61 Å². The Morgan fingerprint density at radius 2 is 2.00 bits per heavy atom. The Kier molecular flexibility index (Phi) is 4.71. The maximum Gasteiger partial charge on any atom is 0.261 e. The maximum atomic E-state index is 12.4. The molecule has 2 aromatic rings. The van der Waals surface area contributed by atoms with Crippen molar-refractivity contribution in [1.29, 1.82) is 0 Å². The van der Waals surface area contributed by atoms with E-state index in [9.17, 15) is 4.79 Å². The number of rotatable bonds is 6. The number of hydrogen-bond acceptors (Lipinski definition) is 3. The highest BCUT2D eigenvalue weighted by Gasteiger charge is 2.33. The van der Waals surface area contributed by atoms with Crippen LogP contribution in [0, 0.1) is 10.5 Å². The number of carbonyl (C=O) groups excluding carboxylic acids is 1. The van der Waals surface area contributed by atoms with Gasteiger partial charge in [0.1, 0.15) is 17.3 Å². The molecule has 0 bridgehead atoms. The quantitative estimate of drug-likeness (QED) is 0.680. The van der Waals surface area contributed by atoms with Crippen molar-refractivity contribution in [3.05, 3.63) is 51.5 Å². The minimum Gasteiger partial charge on any atom is -0.484 e. The van der Waals surface area contributed by atoms with Crippen LogP contribution in [0.1, 0.15) is 24.4 Å². The fourth-order valence-electron chi connectivity index (χ4n) is 2.30. The Bertz CT molecular complexity index is 646. The molecule has 0 saturated heterocycles. The minimum absolute atomic E-state index is 0.00935. The number of benzene rings is 1. The molecule has 0 aliphatic heterocycles. The van der Waals surface area contributed by atoms with Crippen LogP contribution in [0.3, 0.4) is 0 Å². The lowest BCUT2D eigenvalue weighted by molar-refractivity contribution is -0.134. The fourth-order valence-corrected chi connectivity index (χ4v) is 2.66. The SMILES string of the molecule is Cc1ccc(CN(C(=O)COc2ccc(I)cc2)C2CC2)o1. The van der Waals surface area contributed by atoms with Crippen molar-refractivity contribution in [1.82, 2.24) is 4.90 Å². The summed E-state index contributed by atoms with van der Waals surface area (Å²) >= 11 is 2.24. The molecular weight excluding hydrogens is 393 g/mol. The molecule has 0 spiro atoms. The molecule has 0 unspecified atom stereocenters. The van der Waals surface area contributed by atoms with Crippen LogP contribution in [0.2, 0.25) is 0 Å². The number of carbonyl (C=O) groups is 1. The van der Waals surface area contributed by atoms with Crippen molar-refractivity contribution < 1.29 is 13.9 Å². The lowest BCUT2D eigenvalue weighted by atomic mass is 10.3. The van der Waals surface area contributed by atoms with Gasteiger partial charge in [-0.05, 0) is 78.8 Å². The number of nitrogens with zero attached hydrogens (tertiary/aromatic N) is 1. The lowest BCUT2D eigenvalue weighted by Crippen LogP contribution is -2.36. The number of halogens is 1. The van der Waals surface area contributed by atoms with Crippen molar-refractivity contribution >= 4 is 28.5 Å². The van der Waals surface area contributed by atoms with Crippen LogP contribution in [0.15, 0.2) is 40.8 Å². The van der Waals surface area contributed by atoms with Gasteiger partial charge in [-0.3, -0.25) is 4.79 Å². The Morgan fingerprint density at radius 3 is 2.59 bits per heavy atom. The van der Waals surface area contributed by atoms with Gasteiger partial charge in [0.2, 0.25) is 0 Å². The second kappa shape index (κ2) is 6.73. The number of amides is 1. The second-order valence-electron chi connectivity index (χ2n) is 5.51. The first-order valence-corrected chi connectivity index (χ1v) is 8.43. The number of ether oxygens (including phenoxy) is 1. The second-order valence-corrected chi connectivity index (χ2v) is 6.75. The predicted octanol–water partition coefficient (Wildman–Crippen LogP) is 3.76. The van der Waals surface area contributed by atoms with E-state index in [1.165, 1.54) is 0 Å². The van der Waals surface area contributed by atoms with Gasteiger partial charge in [-0.15, -0.1) is 0 Å². The van der Waals surface area contributed by atoms with Crippen LogP contribution in [0.4, 0.5) is 0 Å². The van der Waals surface area contributed by atoms with E-state index in [1.54, 1.807) is 0 Å². The third kappa shape index (κ3) is 4.03. The molecule has 116 valence electrons. The monoisotopic (exact) mass is 411 g/mol. The van der Waals surface area contributed by atoms with Crippen molar-refractivity contribution in [2.75, 3.05) is 6.61 Å². The Balaban J connectivity index is 1.59. The van der Waals surface area contributed by atoms with Gasteiger partial charge < -0.3 is 14.1 Å². The van der Waals surface area contributed by atoms with Gasteiger partial charge in [0.15, 0.2) is 6.61 Å². The molecule has 1 aliphatic rings. The van der Waals surface area contributed by atoms with Gasteiger partial charge >= 0.3 is 0 Å². The molecule has 0 atom stereocenters. The third-order valence-electron chi connectivity index (χ3n) is 3.61. The van der Waals surface area contributed by atoms with Crippen LogP contribution >= 0.6 is 22.6 Å².